The van der Waals surface area contributed by atoms with Crippen LogP contribution in [0, 0.1) is 0 Å². The summed E-state index contributed by atoms with van der Waals surface area (Å²) >= 11 is 0. The highest BCUT2D eigenvalue weighted by Crippen LogP contribution is 2.30. The fourth-order valence-corrected chi connectivity index (χ4v) is 3.33. The van der Waals surface area contributed by atoms with Gasteiger partial charge in [0.05, 0.1) is 12.8 Å². The molecule has 2 N–H and O–H groups in total. The molecular weight excluding hydrogens is 358 g/mol. The third-order valence-electron chi connectivity index (χ3n) is 4.94. The third kappa shape index (κ3) is 3.11. The Balaban J connectivity index is 1.51. The van der Waals surface area contributed by atoms with Crippen LogP contribution in [0.15, 0.2) is 65.3 Å². The quantitative estimate of drug-likeness (QED) is 0.669. The van der Waals surface area contributed by atoms with Crippen LogP contribution in [0.4, 0.5) is 4.79 Å². The number of carbonyl (C=O) groups is 3. The van der Waals surface area contributed by atoms with E-state index in [1.807, 2.05) is 42.5 Å². The summed E-state index contributed by atoms with van der Waals surface area (Å²) < 4.78 is 5.15. The molecule has 28 heavy (non-hydrogen) atoms. The number of benzene rings is 2. The maximum absolute atomic E-state index is 13.0. The Morgan fingerprint density at radius 3 is 2.64 bits per heavy atom. The summed E-state index contributed by atoms with van der Waals surface area (Å²) in [6.07, 6.45) is 1.51. The minimum atomic E-state index is -1.22. The zero-order valence-corrected chi connectivity index (χ0v) is 15.3. The largest absolute Gasteiger partial charge is 0.467 e. The van der Waals surface area contributed by atoms with E-state index in [1.54, 1.807) is 19.1 Å². The number of hydrogen-bond donors (Lipinski definition) is 2. The van der Waals surface area contributed by atoms with Crippen LogP contribution in [0.5, 0.6) is 0 Å². The van der Waals surface area contributed by atoms with Gasteiger partial charge in [-0.25, -0.2) is 4.79 Å². The predicted molar refractivity (Wildman–Crippen MR) is 102 cm³/mol. The first-order chi connectivity index (χ1) is 13.5. The first-order valence-electron chi connectivity index (χ1n) is 8.90. The number of nitrogens with one attached hydrogen (secondary N) is 2. The van der Waals surface area contributed by atoms with Crippen LogP contribution in [-0.4, -0.2) is 29.3 Å². The van der Waals surface area contributed by atoms with Gasteiger partial charge in [0.2, 0.25) is 5.91 Å². The molecule has 7 heteroatoms. The number of urea groups is 1. The van der Waals surface area contributed by atoms with Gasteiger partial charge in [-0.15, -0.1) is 0 Å². The molecule has 7 nitrogen and oxygen atoms in total. The van der Waals surface area contributed by atoms with E-state index in [0.717, 1.165) is 15.7 Å². The number of amides is 4. The van der Waals surface area contributed by atoms with Gasteiger partial charge in [-0.1, -0.05) is 36.4 Å². The van der Waals surface area contributed by atoms with Crippen molar-refractivity contribution in [1.82, 2.24) is 15.5 Å². The Morgan fingerprint density at radius 1 is 1.11 bits per heavy atom. The maximum atomic E-state index is 13.0. The Labute approximate surface area is 161 Å². The summed E-state index contributed by atoms with van der Waals surface area (Å²) in [4.78, 5) is 38.5. The molecule has 0 saturated carbocycles. The topological polar surface area (TPSA) is 91.7 Å². The molecule has 3 aromatic rings. The molecule has 2 aromatic carbocycles. The second-order valence-electron chi connectivity index (χ2n) is 6.86. The van der Waals surface area contributed by atoms with Gasteiger partial charge in [-0.2, -0.15) is 0 Å². The lowest BCUT2D eigenvalue weighted by Crippen LogP contribution is -2.43. The van der Waals surface area contributed by atoms with Crippen molar-refractivity contribution < 1.29 is 18.8 Å². The molecule has 0 spiro atoms. The summed E-state index contributed by atoms with van der Waals surface area (Å²) in [5.74, 6) is -0.310. The van der Waals surface area contributed by atoms with Crippen LogP contribution in [0.1, 0.15) is 18.2 Å². The zero-order valence-electron chi connectivity index (χ0n) is 15.3. The van der Waals surface area contributed by atoms with Gasteiger partial charge < -0.3 is 15.1 Å². The van der Waals surface area contributed by atoms with Crippen LogP contribution in [0.25, 0.3) is 10.8 Å². The fourth-order valence-electron chi connectivity index (χ4n) is 3.33. The number of imide groups is 1. The van der Waals surface area contributed by atoms with E-state index in [2.05, 4.69) is 10.6 Å². The van der Waals surface area contributed by atoms with E-state index in [1.165, 1.54) is 6.26 Å². The normalized spacial score (nSPS) is 19.1. The molecule has 4 amide bonds. The van der Waals surface area contributed by atoms with Crippen LogP contribution >= 0.6 is 0 Å². The van der Waals surface area contributed by atoms with Gasteiger partial charge in [0.1, 0.15) is 17.8 Å². The Hall–Kier alpha value is -3.61. The molecule has 4 rings (SSSR count). The lowest BCUT2D eigenvalue weighted by atomic mass is 9.90. The monoisotopic (exact) mass is 377 g/mol. The molecule has 1 saturated heterocycles. The zero-order chi connectivity index (χ0) is 19.7. The van der Waals surface area contributed by atoms with Crippen molar-refractivity contribution in [2.24, 2.45) is 0 Å². The highest BCUT2D eigenvalue weighted by atomic mass is 16.3. The van der Waals surface area contributed by atoms with E-state index in [0.29, 0.717) is 11.3 Å². The molecule has 0 bridgehead atoms. The number of nitrogens with zero attached hydrogens (tertiary/aromatic N) is 1. The van der Waals surface area contributed by atoms with E-state index in [-0.39, 0.29) is 13.1 Å². The molecule has 1 aliphatic heterocycles. The first kappa shape index (κ1) is 17.8. The minimum absolute atomic E-state index is 0.192. The van der Waals surface area contributed by atoms with Crippen LogP contribution < -0.4 is 10.6 Å². The second kappa shape index (κ2) is 6.84. The molecular formula is C21H19N3O4. The number of hydrogen-bond acceptors (Lipinski definition) is 4. The van der Waals surface area contributed by atoms with Gasteiger partial charge in [-0.05, 0) is 41.5 Å². The Bertz CT molecular complexity index is 1060. The molecule has 0 aliphatic carbocycles. The molecule has 2 heterocycles. The highest BCUT2D eigenvalue weighted by molar-refractivity contribution is 6.09. The minimum Gasteiger partial charge on any atom is -0.467 e. The van der Waals surface area contributed by atoms with Crippen LogP contribution in [0.3, 0.4) is 0 Å². The number of furan rings is 1. The molecule has 142 valence electrons. The van der Waals surface area contributed by atoms with E-state index in [9.17, 15) is 14.4 Å². The van der Waals surface area contributed by atoms with Crippen molar-refractivity contribution in [2.45, 2.75) is 19.0 Å². The van der Waals surface area contributed by atoms with Crippen molar-refractivity contribution in [2.75, 3.05) is 6.54 Å². The van der Waals surface area contributed by atoms with Crippen LogP contribution in [0.2, 0.25) is 0 Å². The molecule has 1 unspecified atom stereocenters. The third-order valence-corrected chi connectivity index (χ3v) is 4.94. The first-order valence-corrected chi connectivity index (χ1v) is 8.90. The molecule has 1 fully saturated rings. The molecule has 1 atom stereocenters. The standard InChI is InChI=1S/C21H19N3O4/c1-21(16-9-8-14-5-2-3-6-15(14)11-16)19(26)24(20(27)23-21)13-18(25)22-12-17-7-4-10-28-17/h2-11H,12-13H2,1H3,(H,22,25)(H,23,27). The van der Waals surface area contributed by atoms with E-state index >= 15 is 0 Å². The average molecular weight is 377 g/mol. The number of rotatable bonds is 5. The van der Waals surface area contributed by atoms with Gasteiger partial charge in [0.15, 0.2) is 0 Å². The number of carbonyl (C=O) groups excluding carboxylic acids is 3. The van der Waals surface area contributed by atoms with Gasteiger partial charge in [-0.3, -0.25) is 14.5 Å². The number of fused-ring (bicyclic) bond motifs is 1. The smallest absolute Gasteiger partial charge is 0.325 e. The maximum Gasteiger partial charge on any atom is 0.325 e. The lowest BCUT2D eigenvalue weighted by molar-refractivity contribution is -0.134. The van der Waals surface area contributed by atoms with Crippen molar-refractivity contribution >= 4 is 28.6 Å². The fraction of sp³-hybridized carbons (Fsp3) is 0.190. The van der Waals surface area contributed by atoms with Gasteiger partial charge in [0, 0.05) is 0 Å². The molecule has 1 aromatic heterocycles. The van der Waals surface area contributed by atoms with Crippen molar-refractivity contribution in [1.29, 1.82) is 0 Å². The second-order valence-corrected chi connectivity index (χ2v) is 6.86. The van der Waals surface area contributed by atoms with Gasteiger partial charge >= 0.3 is 6.03 Å². The summed E-state index contributed by atoms with van der Waals surface area (Å²) in [5, 5.41) is 7.38. The highest BCUT2D eigenvalue weighted by Gasteiger charge is 2.49. The van der Waals surface area contributed by atoms with Crippen molar-refractivity contribution in [3.8, 4) is 0 Å². The summed E-state index contributed by atoms with van der Waals surface area (Å²) in [6, 6.07) is 16.2. The molecule has 0 radical (unpaired) electrons. The summed E-state index contributed by atoms with van der Waals surface area (Å²) in [7, 11) is 0. The van der Waals surface area contributed by atoms with E-state index in [4.69, 9.17) is 4.42 Å². The summed E-state index contributed by atoms with van der Waals surface area (Å²) in [6.45, 7) is 1.49. The SMILES string of the molecule is CC1(c2ccc3ccccc3c2)NC(=O)N(CC(=O)NCc2ccco2)C1=O. The summed E-state index contributed by atoms with van der Waals surface area (Å²) in [5.41, 5.74) is -0.550. The van der Waals surface area contributed by atoms with Crippen molar-refractivity contribution in [3.63, 3.8) is 0 Å². The lowest BCUT2D eigenvalue weighted by Gasteiger charge is -2.22. The van der Waals surface area contributed by atoms with Crippen LogP contribution in [-0.2, 0) is 21.7 Å². The Morgan fingerprint density at radius 2 is 1.89 bits per heavy atom. The van der Waals surface area contributed by atoms with E-state index < -0.39 is 23.4 Å². The Kier molecular flexibility index (Phi) is 4.35. The average Bonchev–Trinajstić information content (AvgIpc) is 3.29. The van der Waals surface area contributed by atoms with Crippen molar-refractivity contribution in [3.05, 3.63) is 72.2 Å². The predicted octanol–water partition coefficient (Wildman–Crippen LogP) is 2.52. The van der Waals surface area contributed by atoms with Gasteiger partial charge in [0.25, 0.3) is 5.91 Å². The molecule has 1 aliphatic rings.